The van der Waals surface area contributed by atoms with Crippen molar-refractivity contribution in [3.8, 4) is 0 Å². The summed E-state index contributed by atoms with van der Waals surface area (Å²) in [4.78, 5) is 2.85. The van der Waals surface area contributed by atoms with Gasteiger partial charge in [-0.1, -0.05) is 33.6 Å². The Bertz CT molecular complexity index is 266. The zero-order chi connectivity index (χ0) is 13.9. The Morgan fingerprint density at radius 3 is 2.37 bits per heavy atom. The van der Waals surface area contributed by atoms with Crippen LogP contribution in [0.3, 0.4) is 0 Å². The molecule has 1 aliphatic carbocycles. The average Bonchev–Trinajstić information content (AvgIpc) is 2.62. The van der Waals surface area contributed by atoms with Crippen molar-refractivity contribution in [2.24, 2.45) is 17.6 Å². The maximum Gasteiger partial charge on any atom is 0.0339 e. The molecule has 1 heterocycles. The molecule has 3 atom stereocenters. The summed E-state index contributed by atoms with van der Waals surface area (Å²) >= 11 is 0. The van der Waals surface area contributed by atoms with E-state index in [9.17, 15) is 0 Å². The fourth-order valence-electron chi connectivity index (χ4n) is 4.98. The lowest BCUT2D eigenvalue weighted by molar-refractivity contribution is -0.0108. The minimum absolute atomic E-state index is 0.308. The highest BCUT2D eigenvalue weighted by Crippen LogP contribution is 2.42. The summed E-state index contributed by atoms with van der Waals surface area (Å²) in [5.41, 5.74) is 6.63. The van der Waals surface area contributed by atoms with Crippen LogP contribution in [0.25, 0.3) is 0 Å². The zero-order valence-corrected chi connectivity index (χ0v) is 13.3. The molecule has 2 rings (SSSR count). The van der Waals surface area contributed by atoms with Crippen LogP contribution in [0.1, 0.15) is 72.1 Å². The van der Waals surface area contributed by atoms with Crippen molar-refractivity contribution in [3.05, 3.63) is 0 Å². The van der Waals surface area contributed by atoms with Crippen molar-refractivity contribution in [1.29, 1.82) is 0 Å². The van der Waals surface area contributed by atoms with E-state index in [4.69, 9.17) is 5.73 Å². The standard InChI is InChI=1S/C17H34N2/c1-4-16-8-6-5-7-9-19(16)17(13-18)11-14(2)10-15(3)12-17/h14-16H,4-13,18H2,1-3H3. The zero-order valence-electron chi connectivity index (χ0n) is 13.3. The maximum atomic E-state index is 6.32. The molecule has 0 aromatic rings. The lowest BCUT2D eigenvalue weighted by Gasteiger charge is -2.52. The number of rotatable bonds is 3. The lowest BCUT2D eigenvalue weighted by atomic mass is 9.70. The molecule has 3 unspecified atom stereocenters. The summed E-state index contributed by atoms with van der Waals surface area (Å²) < 4.78 is 0. The second kappa shape index (κ2) is 6.58. The minimum atomic E-state index is 0.308. The Hall–Kier alpha value is -0.0800. The smallest absolute Gasteiger partial charge is 0.0339 e. The summed E-state index contributed by atoms with van der Waals surface area (Å²) in [5.74, 6) is 1.68. The fraction of sp³-hybridized carbons (Fsp3) is 1.00. The first kappa shape index (κ1) is 15.3. The Kier molecular flexibility index (Phi) is 5.30. The highest BCUT2D eigenvalue weighted by molar-refractivity contribution is 5.00. The van der Waals surface area contributed by atoms with E-state index in [0.29, 0.717) is 5.54 Å². The average molecular weight is 266 g/mol. The fourth-order valence-corrected chi connectivity index (χ4v) is 4.98. The Balaban J connectivity index is 2.21. The Morgan fingerprint density at radius 1 is 1.11 bits per heavy atom. The molecule has 0 aromatic heterocycles. The Labute approximate surface area is 120 Å². The number of likely N-dealkylation sites (tertiary alicyclic amines) is 1. The van der Waals surface area contributed by atoms with Gasteiger partial charge in [-0.05, 0) is 56.9 Å². The molecule has 0 aromatic carbocycles. The van der Waals surface area contributed by atoms with Gasteiger partial charge >= 0.3 is 0 Å². The van der Waals surface area contributed by atoms with Crippen LogP contribution >= 0.6 is 0 Å². The highest BCUT2D eigenvalue weighted by atomic mass is 15.2. The number of nitrogens with two attached hydrogens (primary N) is 1. The first-order chi connectivity index (χ1) is 9.11. The van der Waals surface area contributed by atoms with Crippen LogP contribution in [0.4, 0.5) is 0 Å². The normalized spacial score (nSPS) is 42.0. The van der Waals surface area contributed by atoms with Crippen LogP contribution in [0.5, 0.6) is 0 Å². The highest BCUT2D eigenvalue weighted by Gasteiger charge is 2.43. The molecule has 2 fully saturated rings. The molecule has 2 nitrogen and oxygen atoms in total. The van der Waals surface area contributed by atoms with Gasteiger partial charge in [0.25, 0.3) is 0 Å². The topological polar surface area (TPSA) is 29.3 Å². The number of hydrogen-bond donors (Lipinski definition) is 1. The minimum Gasteiger partial charge on any atom is -0.329 e. The van der Waals surface area contributed by atoms with Crippen molar-refractivity contribution >= 4 is 0 Å². The first-order valence-electron chi connectivity index (χ1n) is 8.58. The van der Waals surface area contributed by atoms with Gasteiger partial charge in [-0.15, -0.1) is 0 Å². The number of nitrogens with zero attached hydrogens (tertiary/aromatic N) is 1. The molecule has 1 saturated carbocycles. The second-order valence-electron chi connectivity index (χ2n) is 7.39. The summed E-state index contributed by atoms with van der Waals surface area (Å²) in [6, 6.07) is 0.781. The third kappa shape index (κ3) is 3.33. The monoisotopic (exact) mass is 266 g/mol. The summed E-state index contributed by atoms with van der Waals surface area (Å²) in [7, 11) is 0. The van der Waals surface area contributed by atoms with Crippen LogP contribution in [-0.4, -0.2) is 29.6 Å². The molecular formula is C17H34N2. The maximum absolute atomic E-state index is 6.32. The van der Waals surface area contributed by atoms with E-state index in [2.05, 4.69) is 25.7 Å². The number of hydrogen-bond acceptors (Lipinski definition) is 2. The third-order valence-corrected chi connectivity index (χ3v) is 5.60. The molecule has 1 aliphatic heterocycles. The molecule has 2 aliphatic rings. The van der Waals surface area contributed by atoms with Crippen molar-refractivity contribution in [2.75, 3.05) is 13.1 Å². The van der Waals surface area contributed by atoms with Gasteiger partial charge in [-0.2, -0.15) is 0 Å². The van der Waals surface area contributed by atoms with E-state index in [1.807, 2.05) is 0 Å². The molecule has 0 amide bonds. The molecule has 0 bridgehead atoms. The van der Waals surface area contributed by atoms with Crippen molar-refractivity contribution < 1.29 is 0 Å². The molecule has 0 radical (unpaired) electrons. The first-order valence-corrected chi connectivity index (χ1v) is 8.58. The van der Waals surface area contributed by atoms with E-state index in [0.717, 1.165) is 24.4 Å². The van der Waals surface area contributed by atoms with Gasteiger partial charge in [0.05, 0.1) is 0 Å². The predicted molar refractivity (Wildman–Crippen MR) is 83.2 cm³/mol. The largest absolute Gasteiger partial charge is 0.329 e. The van der Waals surface area contributed by atoms with Crippen LogP contribution < -0.4 is 5.73 Å². The van der Waals surface area contributed by atoms with Gasteiger partial charge in [0.2, 0.25) is 0 Å². The molecule has 0 spiro atoms. The molecule has 2 N–H and O–H groups in total. The van der Waals surface area contributed by atoms with E-state index in [-0.39, 0.29) is 0 Å². The van der Waals surface area contributed by atoms with E-state index in [1.54, 1.807) is 0 Å². The molecular weight excluding hydrogens is 232 g/mol. The third-order valence-electron chi connectivity index (χ3n) is 5.60. The van der Waals surface area contributed by atoms with Crippen LogP contribution in [-0.2, 0) is 0 Å². The van der Waals surface area contributed by atoms with Crippen molar-refractivity contribution in [3.63, 3.8) is 0 Å². The van der Waals surface area contributed by atoms with Crippen molar-refractivity contribution in [1.82, 2.24) is 4.90 Å². The van der Waals surface area contributed by atoms with Crippen LogP contribution in [0.15, 0.2) is 0 Å². The lowest BCUT2D eigenvalue weighted by Crippen LogP contribution is -2.60. The van der Waals surface area contributed by atoms with Gasteiger partial charge in [-0.3, -0.25) is 4.90 Å². The Morgan fingerprint density at radius 2 is 1.79 bits per heavy atom. The van der Waals surface area contributed by atoms with Gasteiger partial charge < -0.3 is 5.73 Å². The molecule has 1 saturated heterocycles. The summed E-state index contributed by atoms with van der Waals surface area (Å²) in [5, 5.41) is 0. The van der Waals surface area contributed by atoms with E-state index < -0.39 is 0 Å². The van der Waals surface area contributed by atoms with Gasteiger partial charge in [0, 0.05) is 18.1 Å². The van der Waals surface area contributed by atoms with Gasteiger partial charge in [0.15, 0.2) is 0 Å². The molecule has 112 valence electrons. The van der Waals surface area contributed by atoms with E-state index >= 15 is 0 Å². The quantitative estimate of drug-likeness (QED) is 0.842. The van der Waals surface area contributed by atoms with Crippen LogP contribution in [0.2, 0.25) is 0 Å². The van der Waals surface area contributed by atoms with E-state index in [1.165, 1.54) is 57.9 Å². The summed E-state index contributed by atoms with van der Waals surface area (Å²) in [6.07, 6.45) is 10.9. The van der Waals surface area contributed by atoms with Gasteiger partial charge in [-0.25, -0.2) is 0 Å². The molecule has 2 heteroatoms. The molecule has 19 heavy (non-hydrogen) atoms. The van der Waals surface area contributed by atoms with Gasteiger partial charge in [0.1, 0.15) is 0 Å². The van der Waals surface area contributed by atoms with Crippen molar-refractivity contribution in [2.45, 2.75) is 83.7 Å². The second-order valence-corrected chi connectivity index (χ2v) is 7.39. The predicted octanol–water partition coefficient (Wildman–Crippen LogP) is 3.79. The summed E-state index contributed by atoms with van der Waals surface area (Å²) in [6.45, 7) is 9.37. The SMILES string of the molecule is CCC1CCCCCN1C1(CN)CC(C)CC(C)C1. The van der Waals surface area contributed by atoms with Crippen LogP contribution in [0, 0.1) is 11.8 Å².